The van der Waals surface area contributed by atoms with Gasteiger partial charge in [-0.15, -0.1) is 0 Å². The minimum Gasteiger partial charge on any atom is -0.388 e. The van der Waals surface area contributed by atoms with Gasteiger partial charge in [-0.1, -0.05) is 17.3 Å². The molecule has 1 aliphatic rings. The summed E-state index contributed by atoms with van der Waals surface area (Å²) in [6.07, 6.45) is 0.839. The zero-order chi connectivity index (χ0) is 13.5. The number of hydrogen-bond acceptors (Lipinski definition) is 4. The highest BCUT2D eigenvalue weighted by Gasteiger charge is 2.34. The van der Waals surface area contributed by atoms with Crippen LogP contribution in [0, 0.1) is 0 Å². The average Bonchev–Trinajstić information content (AvgIpc) is 2.94. The van der Waals surface area contributed by atoms with Crippen molar-refractivity contribution in [2.45, 2.75) is 25.4 Å². The number of aliphatic hydroxyl groups is 1. The standard InChI is InChI=1S/C14H16N2O3/c1-14(18)6-7-16(9-14)13(17)8-11-10-4-2-3-5-12(10)19-15-11/h2-5,18H,6-9H2,1H3. The first-order valence-corrected chi connectivity index (χ1v) is 6.39. The van der Waals surface area contributed by atoms with E-state index in [2.05, 4.69) is 5.16 Å². The van der Waals surface area contributed by atoms with E-state index in [0.717, 1.165) is 5.39 Å². The number of fused-ring (bicyclic) bond motifs is 1. The number of benzene rings is 1. The maximum atomic E-state index is 12.2. The monoisotopic (exact) mass is 260 g/mol. The first kappa shape index (κ1) is 12.2. The molecule has 5 nitrogen and oxygen atoms in total. The highest BCUT2D eigenvalue weighted by atomic mass is 16.5. The average molecular weight is 260 g/mol. The number of aromatic nitrogens is 1. The van der Waals surface area contributed by atoms with E-state index in [1.165, 1.54) is 0 Å². The minimum atomic E-state index is -0.762. The van der Waals surface area contributed by atoms with Gasteiger partial charge in [0.05, 0.1) is 12.0 Å². The number of carbonyl (C=O) groups is 1. The van der Waals surface area contributed by atoms with Gasteiger partial charge in [0.15, 0.2) is 5.58 Å². The number of rotatable bonds is 2. The van der Waals surface area contributed by atoms with Gasteiger partial charge in [-0.25, -0.2) is 0 Å². The van der Waals surface area contributed by atoms with Crippen molar-refractivity contribution < 1.29 is 14.4 Å². The van der Waals surface area contributed by atoms with Gasteiger partial charge < -0.3 is 14.5 Å². The lowest BCUT2D eigenvalue weighted by atomic mass is 10.1. The first-order chi connectivity index (χ1) is 9.05. The zero-order valence-electron chi connectivity index (χ0n) is 10.8. The van der Waals surface area contributed by atoms with Crippen LogP contribution in [-0.2, 0) is 11.2 Å². The van der Waals surface area contributed by atoms with Crippen LogP contribution in [0.4, 0.5) is 0 Å². The molecule has 1 aromatic heterocycles. The fraction of sp³-hybridized carbons (Fsp3) is 0.429. The van der Waals surface area contributed by atoms with E-state index in [1.807, 2.05) is 24.3 Å². The van der Waals surface area contributed by atoms with Crippen LogP contribution in [-0.4, -0.2) is 39.8 Å². The molecule has 1 N–H and O–H groups in total. The normalized spacial score (nSPS) is 23.2. The van der Waals surface area contributed by atoms with Gasteiger partial charge in [0.2, 0.25) is 5.91 Å². The Morgan fingerprint density at radius 3 is 3.05 bits per heavy atom. The smallest absolute Gasteiger partial charge is 0.228 e. The Balaban J connectivity index is 1.77. The van der Waals surface area contributed by atoms with Gasteiger partial charge in [-0.3, -0.25) is 4.79 Å². The van der Waals surface area contributed by atoms with Gasteiger partial charge in [-0.2, -0.15) is 0 Å². The molecule has 1 atom stereocenters. The van der Waals surface area contributed by atoms with E-state index in [4.69, 9.17) is 4.52 Å². The minimum absolute atomic E-state index is 0.0168. The first-order valence-electron chi connectivity index (χ1n) is 6.39. The number of carbonyl (C=O) groups excluding carboxylic acids is 1. The molecule has 2 aromatic rings. The summed E-state index contributed by atoms with van der Waals surface area (Å²) >= 11 is 0. The molecule has 1 fully saturated rings. The fourth-order valence-corrected chi connectivity index (χ4v) is 2.48. The lowest BCUT2D eigenvalue weighted by molar-refractivity contribution is -0.130. The van der Waals surface area contributed by atoms with E-state index in [-0.39, 0.29) is 12.3 Å². The molecule has 100 valence electrons. The molecule has 5 heteroatoms. The second-order valence-corrected chi connectivity index (χ2v) is 5.36. The number of β-amino-alcohol motifs (C(OH)–C–C–N with tert-alkyl or cyclic N) is 1. The van der Waals surface area contributed by atoms with Gasteiger partial charge >= 0.3 is 0 Å². The van der Waals surface area contributed by atoms with Crippen LogP contribution in [0.3, 0.4) is 0 Å². The van der Waals surface area contributed by atoms with Gasteiger partial charge in [0, 0.05) is 18.5 Å². The van der Waals surface area contributed by atoms with Gasteiger partial charge in [0.1, 0.15) is 5.69 Å². The maximum absolute atomic E-state index is 12.2. The summed E-state index contributed by atoms with van der Waals surface area (Å²) in [5, 5.41) is 14.7. The predicted molar refractivity (Wildman–Crippen MR) is 69.5 cm³/mol. The van der Waals surface area contributed by atoms with Crippen LogP contribution in [0.5, 0.6) is 0 Å². The number of para-hydroxylation sites is 1. The summed E-state index contributed by atoms with van der Waals surface area (Å²) < 4.78 is 5.18. The molecule has 1 unspecified atom stereocenters. The fourth-order valence-electron chi connectivity index (χ4n) is 2.48. The number of hydrogen-bond donors (Lipinski definition) is 1. The highest BCUT2D eigenvalue weighted by Crippen LogP contribution is 2.23. The van der Waals surface area contributed by atoms with Crippen molar-refractivity contribution in [3.8, 4) is 0 Å². The Bertz CT molecular complexity index is 618. The molecular formula is C14H16N2O3. The Morgan fingerprint density at radius 2 is 2.32 bits per heavy atom. The summed E-state index contributed by atoms with van der Waals surface area (Å²) in [5.74, 6) is -0.0168. The number of amides is 1. The molecule has 0 bridgehead atoms. The van der Waals surface area contributed by atoms with Crippen molar-refractivity contribution in [2.24, 2.45) is 0 Å². The van der Waals surface area contributed by atoms with Crippen LogP contribution in [0.25, 0.3) is 11.0 Å². The lowest BCUT2D eigenvalue weighted by Gasteiger charge is -2.18. The van der Waals surface area contributed by atoms with Crippen molar-refractivity contribution in [2.75, 3.05) is 13.1 Å². The molecule has 1 amide bonds. The summed E-state index contributed by atoms with van der Waals surface area (Å²) in [7, 11) is 0. The molecule has 0 spiro atoms. The van der Waals surface area contributed by atoms with Crippen molar-refractivity contribution >= 4 is 16.9 Å². The van der Waals surface area contributed by atoms with Crippen molar-refractivity contribution in [1.82, 2.24) is 10.1 Å². The summed E-state index contributed by atoms with van der Waals surface area (Å²) in [6.45, 7) is 2.75. The van der Waals surface area contributed by atoms with E-state index < -0.39 is 5.60 Å². The van der Waals surface area contributed by atoms with Crippen LogP contribution in [0.15, 0.2) is 28.8 Å². The Hall–Kier alpha value is -1.88. The molecule has 0 aliphatic carbocycles. The zero-order valence-corrected chi connectivity index (χ0v) is 10.8. The Labute approximate surface area is 110 Å². The quantitative estimate of drug-likeness (QED) is 0.885. The third-order valence-electron chi connectivity index (χ3n) is 3.58. The number of likely N-dealkylation sites (tertiary alicyclic amines) is 1. The second kappa shape index (κ2) is 4.35. The maximum Gasteiger partial charge on any atom is 0.228 e. The third-order valence-corrected chi connectivity index (χ3v) is 3.58. The molecule has 0 radical (unpaired) electrons. The van der Waals surface area contributed by atoms with E-state index in [9.17, 15) is 9.90 Å². The largest absolute Gasteiger partial charge is 0.388 e. The van der Waals surface area contributed by atoms with Crippen molar-refractivity contribution in [3.05, 3.63) is 30.0 Å². The Kier molecular flexibility index (Phi) is 2.78. The van der Waals surface area contributed by atoms with Gasteiger partial charge in [0.25, 0.3) is 0 Å². The van der Waals surface area contributed by atoms with Crippen molar-refractivity contribution in [1.29, 1.82) is 0 Å². The second-order valence-electron chi connectivity index (χ2n) is 5.36. The summed E-state index contributed by atoms with van der Waals surface area (Å²) in [6, 6.07) is 7.50. The van der Waals surface area contributed by atoms with E-state index in [1.54, 1.807) is 11.8 Å². The Morgan fingerprint density at radius 1 is 1.53 bits per heavy atom. The van der Waals surface area contributed by atoms with E-state index in [0.29, 0.717) is 30.8 Å². The third kappa shape index (κ3) is 2.33. The van der Waals surface area contributed by atoms with Crippen molar-refractivity contribution in [3.63, 3.8) is 0 Å². The predicted octanol–water partition coefficient (Wildman–Crippen LogP) is 1.35. The molecule has 2 heterocycles. The molecule has 1 saturated heterocycles. The van der Waals surface area contributed by atoms with Crippen LogP contribution in [0.2, 0.25) is 0 Å². The van der Waals surface area contributed by atoms with E-state index >= 15 is 0 Å². The van der Waals surface area contributed by atoms with Crippen LogP contribution in [0.1, 0.15) is 19.0 Å². The number of nitrogens with zero attached hydrogens (tertiary/aromatic N) is 2. The molecule has 19 heavy (non-hydrogen) atoms. The highest BCUT2D eigenvalue weighted by molar-refractivity contribution is 5.86. The van der Waals surface area contributed by atoms with Gasteiger partial charge in [-0.05, 0) is 25.5 Å². The summed E-state index contributed by atoms with van der Waals surface area (Å²) in [5.41, 5.74) is 0.590. The lowest BCUT2D eigenvalue weighted by Crippen LogP contribution is -2.34. The van der Waals surface area contributed by atoms with Crippen LogP contribution >= 0.6 is 0 Å². The molecular weight excluding hydrogens is 244 g/mol. The molecule has 3 rings (SSSR count). The summed E-state index contributed by atoms with van der Waals surface area (Å²) in [4.78, 5) is 13.9. The SMILES string of the molecule is CC1(O)CCN(C(=O)Cc2noc3ccccc23)C1. The molecule has 0 saturated carbocycles. The van der Waals surface area contributed by atoms with Crippen LogP contribution < -0.4 is 0 Å². The molecule has 1 aromatic carbocycles. The molecule has 1 aliphatic heterocycles. The topological polar surface area (TPSA) is 66.6 Å².